The smallest absolute Gasteiger partial charge is 0.194 e. The van der Waals surface area contributed by atoms with Crippen molar-refractivity contribution in [3.63, 3.8) is 0 Å². The summed E-state index contributed by atoms with van der Waals surface area (Å²) in [5.74, 6) is 1.49. The lowest BCUT2D eigenvalue weighted by Crippen LogP contribution is -2.12. The van der Waals surface area contributed by atoms with Gasteiger partial charge in [0.15, 0.2) is 6.29 Å². The van der Waals surface area contributed by atoms with E-state index >= 15 is 0 Å². The Balaban J connectivity index is 0.000000211. The third-order valence-corrected chi connectivity index (χ3v) is 2.28. The molecule has 0 radical (unpaired) electrons. The molecule has 2 atom stereocenters. The highest BCUT2D eigenvalue weighted by molar-refractivity contribution is 5.21. The second-order valence-corrected chi connectivity index (χ2v) is 4.50. The Morgan fingerprint density at radius 2 is 1.29 bits per heavy atom. The zero-order valence-electron chi connectivity index (χ0n) is 12.3. The van der Waals surface area contributed by atoms with Gasteiger partial charge in [0.25, 0.3) is 0 Å². The first-order valence-electron chi connectivity index (χ1n) is 6.83. The molecule has 0 aliphatic heterocycles. The molecular formula is C17H22O4. The molecule has 2 unspecified atom stereocenters. The van der Waals surface area contributed by atoms with Crippen LogP contribution in [0.15, 0.2) is 60.7 Å². The van der Waals surface area contributed by atoms with E-state index in [2.05, 4.69) is 0 Å². The summed E-state index contributed by atoms with van der Waals surface area (Å²) in [4.78, 5) is 0. The summed E-state index contributed by atoms with van der Waals surface area (Å²) in [5, 5.41) is 17.7. The maximum absolute atomic E-state index is 8.89. The van der Waals surface area contributed by atoms with Crippen molar-refractivity contribution < 1.29 is 19.7 Å². The Labute approximate surface area is 125 Å². The van der Waals surface area contributed by atoms with Gasteiger partial charge in [-0.05, 0) is 38.1 Å². The van der Waals surface area contributed by atoms with Gasteiger partial charge in [0.2, 0.25) is 0 Å². The molecule has 0 heterocycles. The van der Waals surface area contributed by atoms with E-state index in [9.17, 15) is 0 Å². The molecule has 0 fully saturated rings. The maximum atomic E-state index is 8.89. The topological polar surface area (TPSA) is 58.9 Å². The molecule has 114 valence electrons. The zero-order valence-corrected chi connectivity index (χ0v) is 12.3. The van der Waals surface area contributed by atoms with Gasteiger partial charge in [0.05, 0.1) is 6.10 Å². The summed E-state index contributed by atoms with van der Waals surface area (Å²) in [6, 6.07) is 18.7. The first-order chi connectivity index (χ1) is 10.1. The van der Waals surface area contributed by atoms with Crippen LogP contribution in [-0.4, -0.2) is 29.2 Å². The quantitative estimate of drug-likeness (QED) is 0.831. The van der Waals surface area contributed by atoms with Gasteiger partial charge >= 0.3 is 0 Å². The lowest BCUT2D eigenvalue weighted by molar-refractivity contribution is -0.000289. The minimum absolute atomic E-state index is 0.351. The third-order valence-electron chi connectivity index (χ3n) is 2.28. The molecule has 0 aliphatic rings. The molecule has 2 N–H and O–H groups in total. The lowest BCUT2D eigenvalue weighted by atomic mass is 10.3. The molecule has 0 bridgehead atoms. The lowest BCUT2D eigenvalue weighted by Gasteiger charge is -2.06. The highest BCUT2D eigenvalue weighted by atomic mass is 16.6. The highest BCUT2D eigenvalue weighted by Gasteiger charge is 1.95. The summed E-state index contributed by atoms with van der Waals surface area (Å²) in [6.45, 7) is 3.62. The van der Waals surface area contributed by atoms with Gasteiger partial charge in [-0.15, -0.1) is 0 Å². The summed E-state index contributed by atoms with van der Waals surface area (Å²) in [6.07, 6.45) is -1.14. The first-order valence-corrected chi connectivity index (χ1v) is 6.83. The van der Waals surface area contributed by atoms with Crippen LogP contribution in [0.3, 0.4) is 0 Å². The Morgan fingerprint density at radius 3 is 1.71 bits per heavy atom. The van der Waals surface area contributed by atoms with Crippen LogP contribution in [-0.2, 0) is 0 Å². The van der Waals surface area contributed by atoms with E-state index in [-0.39, 0.29) is 0 Å². The van der Waals surface area contributed by atoms with Gasteiger partial charge < -0.3 is 19.7 Å². The predicted octanol–water partition coefficient (Wildman–Crippen LogP) is 2.85. The molecular weight excluding hydrogens is 268 g/mol. The van der Waals surface area contributed by atoms with E-state index in [0.717, 1.165) is 5.75 Å². The fourth-order valence-electron chi connectivity index (χ4n) is 1.43. The second-order valence-electron chi connectivity index (χ2n) is 4.50. The Morgan fingerprint density at radius 1 is 0.810 bits per heavy atom. The number of rotatable bonds is 5. The van der Waals surface area contributed by atoms with Gasteiger partial charge in [0, 0.05) is 0 Å². The third kappa shape index (κ3) is 8.68. The normalized spacial score (nSPS) is 12.6. The van der Waals surface area contributed by atoms with E-state index in [1.54, 1.807) is 26.0 Å². The van der Waals surface area contributed by atoms with Crippen molar-refractivity contribution in [1.82, 2.24) is 0 Å². The summed E-state index contributed by atoms with van der Waals surface area (Å²) >= 11 is 0. The monoisotopic (exact) mass is 290 g/mol. The molecule has 0 spiro atoms. The molecule has 21 heavy (non-hydrogen) atoms. The van der Waals surface area contributed by atoms with Crippen molar-refractivity contribution in [2.45, 2.75) is 26.2 Å². The van der Waals surface area contributed by atoms with Crippen LogP contribution >= 0.6 is 0 Å². The predicted molar refractivity (Wildman–Crippen MR) is 82.4 cm³/mol. The number of hydrogen-bond acceptors (Lipinski definition) is 4. The van der Waals surface area contributed by atoms with Gasteiger partial charge in [-0.25, -0.2) is 0 Å². The van der Waals surface area contributed by atoms with Crippen LogP contribution in [0.2, 0.25) is 0 Å². The van der Waals surface area contributed by atoms with Crippen molar-refractivity contribution in [3.05, 3.63) is 60.7 Å². The summed E-state index contributed by atoms with van der Waals surface area (Å²) in [5.41, 5.74) is 0. The van der Waals surface area contributed by atoms with Crippen molar-refractivity contribution in [2.75, 3.05) is 6.61 Å². The molecule has 0 amide bonds. The average Bonchev–Trinajstić information content (AvgIpc) is 2.47. The minimum atomic E-state index is -0.734. The standard InChI is InChI=1S/C9H12O2.C8H10O2/c1-8(10)7-11-9-5-3-2-4-6-9;1-7(9)10-8-5-3-2-4-6-8/h2-6,8,10H,7H2,1H3;2-7,9H,1H3. The number of aliphatic hydroxyl groups excluding tert-OH is 2. The molecule has 0 saturated carbocycles. The molecule has 2 rings (SSSR count). The number of para-hydroxylation sites is 2. The van der Waals surface area contributed by atoms with Gasteiger partial charge in [-0.3, -0.25) is 0 Å². The van der Waals surface area contributed by atoms with Gasteiger partial charge in [0.1, 0.15) is 18.1 Å². The molecule has 4 nitrogen and oxygen atoms in total. The van der Waals surface area contributed by atoms with E-state index in [1.165, 1.54) is 0 Å². The van der Waals surface area contributed by atoms with Crippen LogP contribution < -0.4 is 9.47 Å². The molecule has 2 aromatic carbocycles. The molecule has 0 saturated heterocycles. The Kier molecular flexibility index (Phi) is 7.94. The Hall–Kier alpha value is -2.04. The number of benzene rings is 2. The molecule has 0 aliphatic carbocycles. The van der Waals surface area contributed by atoms with Crippen LogP contribution in [0.5, 0.6) is 11.5 Å². The van der Waals surface area contributed by atoms with Crippen LogP contribution in [0.1, 0.15) is 13.8 Å². The van der Waals surface area contributed by atoms with Crippen LogP contribution in [0, 0.1) is 0 Å². The number of aliphatic hydroxyl groups is 2. The summed E-state index contributed by atoms with van der Waals surface area (Å²) < 4.78 is 10.2. The van der Waals surface area contributed by atoms with Crippen molar-refractivity contribution >= 4 is 0 Å². The fourth-order valence-corrected chi connectivity index (χ4v) is 1.43. The SMILES string of the molecule is CC(O)COc1ccccc1.CC(O)Oc1ccccc1. The zero-order chi connectivity index (χ0) is 15.5. The van der Waals surface area contributed by atoms with Crippen molar-refractivity contribution in [2.24, 2.45) is 0 Å². The van der Waals surface area contributed by atoms with Crippen molar-refractivity contribution in [3.8, 4) is 11.5 Å². The molecule has 2 aromatic rings. The minimum Gasteiger partial charge on any atom is -0.491 e. The van der Waals surface area contributed by atoms with Gasteiger partial charge in [-0.2, -0.15) is 0 Å². The van der Waals surface area contributed by atoms with E-state index in [0.29, 0.717) is 12.4 Å². The molecule has 0 aromatic heterocycles. The maximum Gasteiger partial charge on any atom is 0.194 e. The average molecular weight is 290 g/mol. The van der Waals surface area contributed by atoms with Crippen molar-refractivity contribution in [1.29, 1.82) is 0 Å². The second kappa shape index (κ2) is 9.80. The highest BCUT2D eigenvalue weighted by Crippen LogP contribution is 2.09. The number of hydrogen-bond donors (Lipinski definition) is 2. The molecule has 4 heteroatoms. The van der Waals surface area contributed by atoms with E-state index in [1.807, 2.05) is 48.5 Å². The van der Waals surface area contributed by atoms with Gasteiger partial charge in [-0.1, -0.05) is 36.4 Å². The van der Waals surface area contributed by atoms with E-state index in [4.69, 9.17) is 19.7 Å². The van der Waals surface area contributed by atoms with Crippen LogP contribution in [0.4, 0.5) is 0 Å². The number of ether oxygens (including phenoxy) is 2. The first kappa shape index (κ1) is 17.0. The fraction of sp³-hybridized carbons (Fsp3) is 0.294. The summed E-state index contributed by atoms with van der Waals surface area (Å²) in [7, 11) is 0. The largest absolute Gasteiger partial charge is 0.491 e. The Bertz CT molecular complexity index is 469. The van der Waals surface area contributed by atoms with Crippen LogP contribution in [0.25, 0.3) is 0 Å². The van der Waals surface area contributed by atoms with E-state index < -0.39 is 12.4 Å².